The van der Waals surface area contributed by atoms with E-state index >= 15 is 0 Å². The molecule has 0 spiro atoms. The third kappa shape index (κ3) is 2.42. The van der Waals surface area contributed by atoms with Crippen LogP contribution < -0.4 is 5.32 Å². The highest BCUT2D eigenvalue weighted by Gasteiger charge is 2.12. The van der Waals surface area contributed by atoms with Gasteiger partial charge in [-0.3, -0.25) is 4.68 Å². The first-order chi connectivity index (χ1) is 8.58. The van der Waals surface area contributed by atoms with Crippen LogP contribution in [0.2, 0.25) is 0 Å². The van der Waals surface area contributed by atoms with Crippen molar-refractivity contribution in [1.82, 2.24) is 25.0 Å². The first-order valence-electron chi connectivity index (χ1n) is 5.25. The molecule has 94 valence electrons. The molecule has 0 amide bonds. The van der Waals surface area contributed by atoms with Crippen LogP contribution in [0, 0.1) is 0 Å². The molecule has 0 radical (unpaired) electrons. The highest BCUT2D eigenvalue weighted by atomic mass is 16.4. The van der Waals surface area contributed by atoms with Gasteiger partial charge in [-0.1, -0.05) is 0 Å². The van der Waals surface area contributed by atoms with Crippen LogP contribution in [0.5, 0.6) is 0 Å². The second-order valence-corrected chi connectivity index (χ2v) is 3.72. The van der Waals surface area contributed by atoms with E-state index in [1.807, 2.05) is 6.92 Å². The van der Waals surface area contributed by atoms with E-state index in [0.717, 1.165) is 5.82 Å². The second kappa shape index (κ2) is 4.78. The van der Waals surface area contributed by atoms with Gasteiger partial charge in [-0.05, 0) is 19.1 Å². The van der Waals surface area contributed by atoms with Crippen LogP contribution in [-0.4, -0.2) is 36.0 Å². The minimum Gasteiger partial charge on any atom is -0.476 e. The fourth-order valence-electron chi connectivity index (χ4n) is 1.51. The smallest absolute Gasteiger partial charge is 0.356 e. The molecule has 0 aliphatic rings. The van der Waals surface area contributed by atoms with Crippen molar-refractivity contribution in [3.63, 3.8) is 0 Å². The Kier molecular flexibility index (Phi) is 3.18. The largest absolute Gasteiger partial charge is 0.476 e. The van der Waals surface area contributed by atoms with E-state index in [2.05, 4.69) is 25.6 Å². The van der Waals surface area contributed by atoms with Crippen LogP contribution in [-0.2, 0) is 7.05 Å². The van der Waals surface area contributed by atoms with E-state index in [-0.39, 0.29) is 11.7 Å². The monoisotopic (exact) mass is 248 g/mol. The highest BCUT2D eigenvalue weighted by molar-refractivity contribution is 5.85. The molecule has 2 aromatic heterocycles. The van der Waals surface area contributed by atoms with E-state index in [1.165, 1.54) is 12.4 Å². The Labute approximate surface area is 103 Å². The molecule has 1 unspecified atom stereocenters. The predicted molar refractivity (Wildman–Crippen MR) is 62.0 cm³/mol. The lowest BCUT2D eigenvalue weighted by molar-refractivity contribution is 0.0689. The normalized spacial score (nSPS) is 12.1. The van der Waals surface area contributed by atoms with Crippen molar-refractivity contribution in [3.8, 4) is 0 Å². The number of anilines is 1. The number of rotatable bonds is 4. The fourth-order valence-corrected chi connectivity index (χ4v) is 1.51. The summed E-state index contributed by atoms with van der Waals surface area (Å²) >= 11 is 0. The Hall–Kier alpha value is -2.51. The summed E-state index contributed by atoms with van der Waals surface area (Å²) in [4.78, 5) is 14.7. The molecule has 1 atom stereocenters. The van der Waals surface area contributed by atoms with Gasteiger partial charge in [0.1, 0.15) is 18.0 Å². The molecule has 18 heavy (non-hydrogen) atoms. The summed E-state index contributed by atoms with van der Waals surface area (Å²) in [6.45, 7) is 1.90. The van der Waals surface area contributed by atoms with Gasteiger partial charge >= 0.3 is 5.97 Å². The van der Waals surface area contributed by atoms with Crippen LogP contribution in [0.15, 0.2) is 18.5 Å². The average molecular weight is 248 g/mol. The molecule has 8 heteroatoms. The summed E-state index contributed by atoms with van der Waals surface area (Å²) in [5.74, 6) is 0.130. The topological polar surface area (TPSA) is 106 Å². The third-order valence-electron chi connectivity index (χ3n) is 2.38. The Morgan fingerprint density at radius 1 is 1.44 bits per heavy atom. The van der Waals surface area contributed by atoms with E-state index in [0.29, 0.717) is 5.82 Å². The van der Waals surface area contributed by atoms with Crippen molar-refractivity contribution in [2.75, 3.05) is 5.32 Å². The molecule has 0 aliphatic heterocycles. The van der Waals surface area contributed by atoms with E-state index < -0.39 is 5.97 Å². The maximum Gasteiger partial charge on any atom is 0.356 e. The number of hydrogen-bond acceptors (Lipinski definition) is 6. The third-order valence-corrected chi connectivity index (χ3v) is 2.38. The van der Waals surface area contributed by atoms with Gasteiger partial charge in [-0.25, -0.2) is 9.78 Å². The summed E-state index contributed by atoms with van der Waals surface area (Å²) in [6.07, 6.45) is 1.46. The zero-order valence-corrected chi connectivity index (χ0v) is 9.90. The quantitative estimate of drug-likeness (QED) is 0.810. The zero-order chi connectivity index (χ0) is 13.1. The zero-order valence-electron chi connectivity index (χ0n) is 9.90. The number of aromatic carboxylic acids is 1. The Bertz CT molecular complexity index is 550. The first-order valence-corrected chi connectivity index (χ1v) is 5.25. The van der Waals surface area contributed by atoms with Gasteiger partial charge in [-0.2, -0.15) is 5.10 Å². The molecule has 0 bridgehead atoms. The number of nitrogens with one attached hydrogen (secondary N) is 1. The maximum absolute atomic E-state index is 10.6. The number of aromatic nitrogens is 5. The Balaban J connectivity index is 2.10. The summed E-state index contributed by atoms with van der Waals surface area (Å²) in [6, 6.07) is 2.84. The molecule has 0 fully saturated rings. The van der Waals surface area contributed by atoms with Crippen LogP contribution in [0.4, 0.5) is 5.82 Å². The van der Waals surface area contributed by atoms with Crippen LogP contribution in [0.25, 0.3) is 0 Å². The molecule has 8 nitrogen and oxygen atoms in total. The Morgan fingerprint density at radius 3 is 2.72 bits per heavy atom. The minimum atomic E-state index is -1.10. The van der Waals surface area contributed by atoms with Gasteiger partial charge in [0.05, 0.1) is 6.04 Å². The second-order valence-electron chi connectivity index (χ2n) is 3.72. The fraction of sp³-hybridized carbons (Fsp3) is 0.300. The van der Waals surface area contributed by atoms with Crippen molar-refractivity contribution in [1.29, 1.82) is 0 Å². The van der Waals surface area contributed by atoms with E-state index in [1.54, 1.807) is 17.8 Å². The van der Waals surface area contributed by atoms with Gasteiger partial charge in [0, 0.05) is 7.05 Å². The predicted octanol–water partition coefficient (Wildman–Crippen LogP) is 0.476. The van der Waals surface area contributed by atoms with Crippen molar-refractivity contribution in [3.05, 3.63) is 30.0 Å². The van der Waals surface area contributed by atoms with Gasteiger partial charge in [0.25, 0.3) is 0 Å². The molecule has 0 aliphatic carbocycles. The van der Waals surface area contributed by atoms with Crippen molar-refractivity contribution >= 4 is 11.8 Å². The van der Waals surface area contributed by atoms with Crippen molar-refractivity contribution in [2.24, 2.45) is 7.05 Å². The lowest BCUT2D eigenvalue weighted by Crippen LogP contribution is -2.14. The molecule has 0 aromatic carbocycles. The van der Waals surface area contributed by atoms with Crippen molar-refractivity contribution in [2.45, 2.75) is 13.0 Å². The SMILES string of the molecule is CC(Nc1ccc(C(=O)O)nn1)c1ncnn1C. The Morgan fingerprint density at radius 2 is 2.22 bits per heavy atom. The number of nitrogens with zero attached hydrogens (tertiary/aromatic N) is 5. The summed E-state index contributed by atoms with van der Waals surface area (Å²) < 4.78 is 1.65. The lowest BCUT2D eigenvalue weighted by atomic mass is 10.3. The minimum absolute atomic E-state index is 0.0909. The summed E-state index contributed by atoms with van der Waals surface area (Å²) in [5.41, 5.74) is -0.0909. The summed E-state index contributed by atoms with van der Waals surface area (Å²) in [7, 11) is 1.79. The van der Waals surface area contributed by atoms with Crippen LogP contribution in [0.3, 0.4) is 0 Å². The molecule has 0 saturated carbocycles. The van der Waals surface area contributed by atoms with Gasteiger partial charge < -0.3 is 10.4 Å². The molecular weight excluding hydrogens is 236 g/mol. The van der Waals surface area contributed by atoms with Gasteiger partial charge in [-0.15, -0.1) is 10.2 Å². The first kappa shape index (κ1) is 12.0. The molecule has 2 rings (SSSR count). The van der Waals surface area contributed by atoms with Crippen LogP contribution >= 0.6 is 0 Å². The number of carboxylic acids is 1. The van der Waals surface area contributed by atoms with Crippen LogP contribution in [0.1, 0.15) is 29.3 Å². The molecule has 2 heterocycles. The summed E-state index contributed by atoms with van der Waals surface area (Å²) in [5, 5.41) is 23.1. The molecule has 0 saturated heterocycles. The number of aryl methyl sites for hydroxylation is 1. The lowest BCUT2D eigenvalue weighted by Gasteiger charge is -2.12. The standard InChI is InChI=1S/C10H12N6O2/c1-6(9-11-5-12-16(9)2)13-8-4-3-7(10(17)18)14-15-8/h3-6H,1-2H3,(H,13,15)(H,17,18). The number of hydrogen-bond donors (Lipinski definition) is 2. The van der Waals surface area contributed by atoms with Gasteiger partial charge in [0.2, 0.25) is 0 Å². The maximum atomic E-state index is 10.6. The molecule has 2 N–H and O–H groups in total. The number of carbonyl (C=O) groups is 1. The van der Waals surface area contributed by atoms with E-state index in [4.69, 9.17) is 5.11 Å². The highest BCUT2D eigenvalue weighted by Crippen LogP contribution is 2.14. The average Bonchev–Trinajstić information content (AvgIpc) is 2.76. The van der Waals surface area contributed by atoms with Crippen molar-refractivity contribution < 1.29 is 9.90 Å². The van der Waals surface area contributed by atoms with Gasteiger partial charge in [0.15, 0.2) is 5.69 Å². The molecule has 2 aromatic rings. The number of carboxylic acid groups (broad SMARTS) is 1. The van der Waals surface area contributed by atoms with E-state index in [9.17, 15) is 4.79 Å². The molecular formula is C10H12N6O2.